The highest BCUT2D eigenvalue weighted by atomic mass is 16.6. The van der Waals surface area contributed by atoms with Gasteiger partial charge in [-0.1, -0.05) is 129 Å². The molecule has 1 aliphatic carbocycles. The van der Waals surface area contributed by atoms with Gasteiger partial charge in [0.1, 0.15) is 0 Å². The van der Waals surface area contributed by atoms with Gasteiger partial charge in [-0.15, -0.1) is 0 Å². The summed E-state index contributed by atoms with van der Waals surface area (Å²) in [5.41, 5.74) is 13.2. The Bertz CT molecular complexity index is 2700. The van der Waals surface area contributed by atoms with Crippen LogP contribution in [0.5, 0.6) is 23.0 Å². The second-order valence-corrected chi connectivity index (χ2v) is 14.0. The minimum atomic E-state index is -0.129. The topological polar surface area (TPSA) is 57.1 Å². The Morgan fingerprint density at radius 3 is 1.89 bits per heavy atom. The standard InChI is InChI=1S/C48H33N3O2/c1-48(2)37-21-7-6-19-36(37)44-38(48)24-25-43-46(44)53-42-23-12-20-35(45(42)52-43)31-15-10-17-33(27-31)41-29-40(30-13-4-3-5-14-30)50-47(51-41)34-18-11-16-32(28-34)39-22-8-9-26-49-39/h3-29H,1-2H3. The number of fused-ring (bicyclic) bond motifs is 6. The average molecular weight is 684 g/mol. The van der Waals surface area contributed by atoms with Crippen LogP contribution in [0.2, 0.25) is 0 Å². The summed E-state index contributed by atoms with van der Waals surface area (Å²) in [6, 6.07) is 53.9. The Morgan fingerprint density at radius 2 is 1.06 bits per heavy atom. The number of rotatable bonds is 5. The normalized spacial score (nSPS) is 13.2. The molecule has 1 aliphatic heterocycles. The zero-order valence-electron chi connectivity index (χ0n) is 29.2. The highest BCUT2D eigenvalue weighted by Crippen LogP contribution is 2.59. The molecule has 10 rings (SSSR count). The molecular formula is C48H33N3O2. The first-order valence-electron chi connectivity index (χ1n) is 17.8. The van der Waals surface area contributed by atoms with Crippen molar-refractivity contribution in [3.63, 3.8) is 0 Å². The van der Waals surface area contributed by atoms with Crippen molar-refractivity contribution in [2.24, 2.45) is 0 Å². The monoisotopic (exact) mass is 683 g/mol. The Hall–Kier alpha value is -6.85. The predicted octanol–water partition coefficient (Wildman–Crippen LogP) is 12.4. The van der Waals surface area contributed by atoms with E-state index in [-0.39, 0.29) is 5.41 Å². The summed E-state index contributed by atoms with van der Waals surface area (Å²) >= 11 is 0. The van der Waals surface area contributed by atoms with Crippen LogP contribution in [-0.4, -0.2) is 15.0 Å². The SMILES string of the molecule is CC1(C)c2ccccc2-c2c1ccc1c2Oc2cccc(-c3cccc(-c4cc(-c5ccccc5)nc(-c5cccc(-c6ccccn6)c5)n4)c3)c2O1. The van der Waals surface area contributed by atoms with E-state index in [9.17, 15) is 0 Å². The molecule has 2 aliphatic rings. The molecule has 8 aromatic rings. The molecule has 0 atom stereocenters. The number of para-hydroxylation sites is 1. The summed E-state index contributed by atoms with van der Waals surface area (Å²) in [4.78, 5) is 14.8. The summed E-state index contributed by atoms with van der Waals surface area (Å²) in [7, 11) is 0. The molecule has 0 bridgehead atoms. The quantitative estimate of drug-likeness (QED) is 0.181. The van der Waals surface area contributed by atoms with Crippen molar-refractivity contribution < 1.29 is 9.47 Å². The minimum Gasteiger partial charge on any atom is -0.449 e. The van der Waals surface area contributed by atoms with Crippen LogP contribution < -0.4 is 9.47 Å². The van der Waals surface area contributed by atoms with Crippen LogP contribution in [0.15, 0.2) is 164 Å². The minimum absolute atomic E-state index is 0.129. The number of hydrogen-bond acceptors (Lipinski definition) is 5. The second-order valence-electron chi connectivity index (χ2n) is 14.0. The van der Waals surface area contributed by atoms with Crippen LogP contribution in [0.4, 0.5) is 0 Å². The van der Waals surface area contributed by atoms with E-state index in [1.807, 2.05) is 66.9 Å². The van der Waals surface area contributed by atoms with Crippen LogP contribution in [-0.2, 0) is 5.41 Å². The lowest BCUT2D eigenvalue weighted by atomic mass is 9.82. The zero-order chi connectivity index (χ0) is 35.5. The van der Waals surface area contributed by atoms with E-state index in [0.29, 0.717) is 23.1 Å². The predicted molar refractivity (Wildman–Crippen MR) is 211 cm³/mol. The highest BCUT2D eigenvalue weighted by molar-refractivity contribution is 5.89. The average Bonchev–Trinajstić information content (AvgIpc) is 3.46. The van der Waals surface area contributed by atoms with Gasteiger partial charge in [0.25, 0.3) is 0 Å². The summed E-state index contributed by atoms with van der Waals surface area (Å²) in [5, 5.41) is 0. The van der Waals surface area contributed by atoms with Gasteiger partial charge >= 0.3 is 0 Å². The Balaban J connectivity index is 1.06. The van der Waals surface area contributed by atoms with E-state index in [0.717, 1.165) is 61.8 Å². The lowest BCUT2D eigenvalue weighted by Gasteiger charge is -2.26. The zero-order valence-corrected chi connectivity index (χ0v) is 29.2. The number of nitrogens with zero attached hydrogens (tertiary/aromatic N) is 3. The number of aromatic nitrogens is 3. The van der Waals surface area contributed by atoms with Gasteiger partial charge in [0.05, 0.1) is 17.1 Å². The molecule has 0 N–H and O–H groups in total. The molecule has 252 valence electrons. The maximum Gasteiger partial charge on any atom is 0.178 e. The van der Waals surface area contributed by atoms with Crippen molar-refractivity contribution >= 4 is 0 Å². The largest absolute Gasteiger partial charge is 0.449 e. The Labute approximate surface area is 308 Å². The Morgan fingerprint density at radius 1 is 0.434 bits per heavy atom. The third-order valence-corrected chi connectivity index (χ3v) is 10.4. The summed E-state index contributed by atoms with van der Waals surface area (Å²) in [6.07, 6.45) is 1.81. The van der Waals surface area contributed by atoms with E-state index in [2.05, 4.69) is 116 Å². The van der Waals surface area contributed by atoms with Crippen LogP contribution in [0.1, 0.15) is 25.0 Å². The van der Waals surface area contributed by atoms with E-state index in [4.69, 9.17) is 19.4 Å². The molecule has 0 unspecified atom stereocenters. The van der Waals surface area contributed by atoms with Gasteiger partial charge in [0.15, 0.2) is 28.8 Å². The molecule has 6 aromatic carbocycles. The second kappa shape index (κ2) is 12.1. The Kier molecular flexibility index (Phi) is 7.08. The number of hydrogen-bond donors (Lipinski definition) is 0. The molecule has 3 heterocycles. The number of pyridine rings is 1. The maximum atomic E-state index is 6.77. The van der Waals surface area contributed by atoms with Crippen molar-refractivity contribution in [1.29, 1.82) is 0 Å². The molecule has 5 heteroatoms. The van der Waals surface area contributed by atoms with E-state index < -0.39 is 0 Å². The van der Waals surface area contributed by atoms with Gasteiger partial charge in [-0.2, -0.15) is 0 Å². The maximum absolute atomic E-state index is 6.77. The van der Waals surface area contributed by atoms with Crippen molar-refractivity contribution in [1.82, 2.24) is 15.0 Å². The van der Waals surface area contributed by atoms with Crippen molar-refractivity contribution in [3.8, 4) is 90.4 Å². The van der Waals surface area contributed by atoms with Crippen LogP contribution in [0, 0.1) is 0 Å². The van der Waals surface area contributed by atoms with Gasteiger partial charge in [-0.05, 0) is 64.7 Å². The molecule has 0 spiro atoms. The van der Waals surface area contributed by atoms with E-state index >= 15 is 0 Å². The lowest BCUT2D eigenvalue weighted by Crippen LogP contribution is -2.15. The first kappa shape index (κ1) is 30.9. The summed E-state index contributed by atoms with van der Waals surface area (Å²) in [6.45, 7) is 4.55. The van der Waals surface area contributed by atoms with E-state index in [1.54, 1.807) is 0 Å². The van der Waals surface area contributed by atoms with Gasteiger partial charge in [-0.25, -0.2) is 9.97 Å². The molecule has 53 heavy (non-hydrogen) atoms. The number of ether oxygens (including phenoxy) is 2. The molecule has 0 amide bonds. The van der Waals surface area contributed by atoms with Crippen LogP contribution in [0.3, 0.4) is 0 Å². The van der Waals surface area contributed by atoms with Crippen molar-refractivity contribution in [2.75, 3.05) is 0 Å². The smallest absolute Gasteiger partial charge is 0.178 e. The summed E-state index contributed by atoms with van der Waals surface area (Å²) in [5.74, 6) is 3.52. The molecule has 0 radical (unpaired) electrons. The molecule has 0 saturated carbocycles. The number of benzene rings is 6. The summed E-state index contributed by atoms with van der Waals surface area (Å²) < 4.78 is 13.5. The fraction of sp³-hybridized carbons (Fsp3) is 0.0625. The highest BCUT2D eigenvalue weighted by Gasteiger charge is 2.39. The van der Waals surface area contributed by atoms with Gasteiger partial charge < -0.3 is 9.47 Å². The molecule has 0 saturated heterocycles. The third-order valence-electron chi connectivity index (χ3n) is 10.4. The first-order valence-corrected chi connectivity index (χ1v) is 17.8. The van der Waals surface area contributed by atoms with Crippen LogP contribution >= 0.6 is 0 Å². The van der Waals surface area contributed by atoms with Gasteiger partial charge in [-0.3, -0.25) is 4.98 Å². The third kappa shape index (κ3) is 5.20. The lowest BCUT2D eigenvalue weighted by molar-refractivity contribution is 0.361. The van der Waals surface area contributed by atoms with Gasteiger partial charge in [0.2, 0.25) is 0 Å². The van der Waals surface area contributed by atoms with Crippen LogP contribution in [0.25, 0.3) is 67.4 Å². The molecular weight excluding hydrogens is 651 g/mol. The van der Waals surface area contributed by atoms with Crippen molar-refractivity contribution in [2.45, 2.75) is 19.3 Å². The molecule has 2 aromatic heterocycles. The fourth-order valence-electron chi connectivity index (χ4n) is 7.75. The first-order chi connectivity index (χ1) is 26.0. The van der Waals surface area contributed by atoms with Crippen molar-refractivity contribution in [3.05, 3.63) is 175 Å². The fourth-order valence-corrected chi connectivity index (χ4v) is 7.75. The van der Waals surface area contributed by atoms with E-state index in [1.165, 1.54) is 16.7 Å². The van der Waals surface area contributed by atoms with Gasteiger partial charge in [0, 0.05) is 45.0 Å². The molecule has 0 fully saturated rings. The molecule has 5 nitrogen and oxygen atoms in total.